The Morgan fingerprint density at radius 1 is 1.47 bits per heavy atom. The molecule has 0 saturated heterocycles. The molecule has 0 spiro atoms. The summed E-state index contributed by atoms with van der Waals surface area (Å²) in [5.41, 5.74) is 6.33. The molecule has 0 saturated carbocycles. The summed E-state index contributed by atoms with van der Waals surface area (Å²) < 4.78 is 0.960. The average molecular weight is 272 g/mol. The summed E-state index contributed by atoms with van der Waals surface area (Å²) in [6.45, 7) is 3.24. The number of nitrogens with two attached hydrogens (primary N) is 1. The Labute approximate surface area is 99.8 Å². The molecule has 0 amide bonds. The second kappa shape index (κ2) is 5.95. The minimum atomic E-state index is 0.688. The maximum Gasteiger partial charge on any atom is 0.142 e. The molecule has 0 unspecified atom stereocenters. The molecule has 0 bridgehead atoms. The highest BCUT2D eigenvalue weighted by Crippen LogP contribution is 2.24. The molecule has 4 heteroatoms. The number of rotatable bonds is 5. The maximum atomic E-state index is 5.64. The SMILES string of the molecule is CCCCCN(C)c1ncc(N)cc1Br. The summed E-state index contributed by atoms with van der Waals surface area (Å²) in [6.07, 6.45) is 5.39. The van der Waals surface area contributed by atoms with Gasteiger partial charge in [0.2, 0.25) is 0 Å². The number of halogens is 1. The number of anilines is 2. The highest BCUT2D eigenvalue weighted by Gasteiger charge is 2.06. The van der Waals surface area contributed by atoms with Crippen molar-refractivity contribution in [1.29, 1.82) is 0 Å². The topological polar surface area (TPSA) is 42.2 Å². The second-order valence-corrected chi connectivity index (χ2v) is 4.56. The first kappa shape index (κ1) is 12.3. The van der Waals surface area contributed by atoms with Crippen molar-refractivity contribution < 1.29 is 0 Å². The molecular formula is C11H18BrN3. The van der Waals surface area contributed by atoms with Crippen molar-refractivity contribution in [3.05, 3.63) is 16.7 Å². The van der Waals surface area contributed by atoms with Gasteiger partial charge in [-0.2, -0.15) is 0 Å². The number of nitrogen functional groups attached to an aromatic ring is 1. The largest absolute Gasteiger partial charge is 0.397 e. The molecule has 0 aromatic carbocycles. The molecule has 2 N–H and O–H groups in total. The summed E-state index contributed by atoms with van der Waals surface area (Å²) in [5.74, 6) is 0.959. The molecule has 0 aliphatic rings. The third kappa shape index (κ3) is 3.70. The Bertz CT molecular complexity index is 315. The Kier molecular flexibility index (Phi) is 4.88. The number of pyridine rings is 1. The van der Waals surface area contributed by atoms with Crippen molar-refractivity contribution in [2.24, 2.45) is 0 Å². The molecule has 0 fully saturated rings. The fourth-order valence-electron chi connectivity index (χ4n) is 1.43. The van der Waals surface area contributed by atoms with Gasteiger partial charge in [-0.25, -0.2) is 4.98 Å². The van der Waals surface area contributed by atoms with Gasteiger partial charge < -0.3 is 10.6 Å². The highest BCUT2D eigenvalue weighted by molar-refractivity contribution is 9.10. The number of hydrogen-bond donors (Lipinski definition) is 1. The van der Waals surface area contributed by atoms with Crippen LogP contribution < -0.4 is 10.6 Å². The predicted molar refractivity (Wildman–Crippen MR) is 69.1 cm³/mol. The first-order chi connectivity index (χ1) is 7.15. The van der Waals surface area contributed by atoms with E-state index < -0.39 is 0 Å². The highest BCUT2D eigenvalue weighted by atomic mass is 79.9. The lowest BCUT2D eigenvalue weighted by Crippen LogP contribution is -2.20. The lowest BCUT2D eigenvalue weighted by atomic mass is 10.2. The van der Waals surface area contributed by atoms with Gasteiger partial charge in [0, 0.05) is 13.6 Å². The zero-order valence-corrected chi connectivity index (χ0v) is 10.9. The maximum absolute atomic E-state index is 5.64. The van der Waals surface area contributed by atoms with E-state index in [4.69, 9.17) is 5.73 Å². The fourth-order valence-corrected chi connectivity index (χ4v) is 2.10. The van der Waals surface area contributed by atoms with Crippen LogP contribution in [0.3, 0.4) is 0 Å². The summed E-state index contributed by atoms with van der Waals surface area (Å²) >= 11 is 3.47. The summed E-state index contributed by atoms with van der Waals surface area (Å²) in [7, 11) is 2.05. The van der Waals surface area contributed by atoms with Crippen LogP contribution in [0.2, 0.25) is 0 Å². The van der Waals surface area contributed by atoms with Crippen molar-refractivity contribution in [1.82, 2.24) is 4.98 Å². The van der Waals surface area contributed by atoms with Gasteiger partial charge in [-0.1, -0.05) is 19.8 Å². The lowest BCUT2D eigenvalue weighted by molar-refractivity contribution is 0.701. The molecule has 0 aliphatic heterocycles. The molecule has 0 aliphatic carbocycles. The minimum Gasteiger partial charge on any atom is -0.397 e. The first-order valence-electron chi connectivity index (χ1n) is 5.27. The Morgan fingerprint density at radius 3 is 2.80 bits per heavy atom. The van der Waals surface area contributed by atoms with E-state index in [9.17, 15) is 0 Å². The summed E-state index contributed by atoms with van der Waals surface area (Å²) in [6, 6.07) is 1.89. The van der Waals surface area contributed by atoms with Gasteiger partial charge in [-0.15, -0.1) is 0 Å². The van der Waals surface area contributed by atoms with Gasteiger partial charge in [0.25, 0.3) is 0 Å². The van der Waals surface area contributed by atoms with Crippen molar-refractivity contribution in [2.45, 2.75) is 26.2 Å². The minimum absolute atomic E-state index is 0.688. The molecule has 3 nitrogen and oxygen atoms in total. The molecule has 1 aromatic rings. The lowest BCUT2D eigenvalue weighted by Gasteiger charge is -2.19. The number of nitrogens with zero attached hydrogens (tertiary/aromatic N) is 2. The van der Waals surface area contributed by atoms with E-state index in [-0.39, 0.29) is 0 Å². The Balaban J connectivity index is 2.61. The zero-order chi connectivity index (χ0) is 11.3. The smallest absolute Gasteiger partial charge is 0.142 e. The van der Waals surface area contributed by atoms with E-state index in [1.807, 2.05) is 6.07 Å². The molecule has 0 radical (unpaired) electrons. The molecule has 1 rings (SSSR count). The van der Waals surface area contributed by atoms with Gasteiger partial charge in [0.15, 0.2) is 0 Å². The van der Waals surface area contributed by atoms with Crippen molar-refractivity contribution in [3.63, 3.8) is 0 Å². The molecule has 1 aromatic heterocycles. The van der Waals surface area contributed by atoms with E-state index in [0.717, 1.165) is 16.8 Å². The number of hydrogen-bond acceptors (Lipinski definition) is 3. The van der Waals surface area contributed by atoms with Crippen LogP contribution in [0.15, 0.2) is 16.7 Å². The molecule has 84 valence electrons. The second-order valence-electron chi connectivity index (χ2n) is 3.70. The van der Waals surface area contributed by atoms with E-state index in [2.05, 4.69) is 39.8 Å². The van der Waals surface area contributed by atoms with Crippen LogP contribution in [0.1, 0.15) is 26.2 Å². The predicted octanol–water partition coefficient (Wildman–Crippen LogP) is 3.05. The van der Waals surface area contributed by atoms with Crippen LogP contribution in [0, 0.1) is 0 Å². The molecule has 15 heavy (non-hydrogen) atoms. The molecule has 0 atom stereocenters. The van der Waals surface area contributed by atoms with E-state index in [1.54, 1.807) is 6.20 Å². The van der Waals surface area contributed by atoms with Gasteiger partial charge in [-0.05, 0) is 28.4 Å². The quantitative estimate of drug-likeness (QED) is 0.838. The van der Waals surface area contributed by atoms with Crippen molar-refractivity contribution in [2.75, 3.05) is 24.2 Å². The van der Waals surface area contributed by atoms with Crippen LogP contribution in [0.25, 0.3) is 0 Å². The van der Waals surface area contributed by atoms with E-state index in [0.29, 0.717) is 5.69 Å². The standard InChI is InChI=1S/C11H18BrN3/c1-3-4-5-6-15(2)11-10(12)7-9(13)8-14-11/h7-8H,3-6,13H2,1-2H3. The van der Waals surface area contributed by atoms with Gasteiger partial charge in [0.05, 0.1) is 16.4 Å². The average Bonchev–Trinajstić information content (AvgIpc) is 2.17. The molecule has 1 heterocycles. The third-order valence-corrected chi connectivity index (χ3v) is 2.89. The van der Waals surface area contributed by atoms with Crippen molar-refractivity contribution in [3.8, 4) is 0 Å². The first-order valence-corrected chi connectivity index (χ1v) is 6.06. The van der Waals surface area contributed by atoms with Crippen LogP contribution in [0.4, 0.5) is 11.5 Å². The van der Waals surface area contributed by atoms with Gasteiger partial charge >= 0.3 is 0 Å². The fraction of sp³-hybridized carbons (Fsp3) is 0.545. The number of unbranched alkanes of at least 4 members (excludes halogenated alkanes) is 2. The van der Waals surface area contributed by atoms with Crippen LogP contribution >= 0.6 is 15.9 Å². The van der Waals surface area contributed by atoms with Gasteiger partial charge in [-0.3, -0.25) is 0 Å². The Morgan fingerprint density at radius 2 is 2.20 bits per heavy atom. The third-order valence-electron chi connectivity index (χ3n) is 2.30. The Hall–Kier alpha value is -0.770. The van der Waals surface area contributed by atoms with Crippen LogP contribution in [-0.4, -0.2) is 18.6 Å². The van der Waals surface area contributed by atoms with Crippen LogP contribution in [0.5, 0.6) is 0 Å². The van der Waals surface area contributed by atoms with Crippen molar-refractivity contribution >= 4 is 27.4 Å². The van der Waals surface area contributed by atoms with Gasteiger partial charge in [0.1, 0.15) is 5.82 Å². The summed E-state index contributed by atoms with van der Waals surface area (Å²) in [5, 5.41) is 0. The van der Waals surface area contributed by atoms with Crippen LogP contribution in [-0.2, 0) is 0 Å². The monoisotopic (exact) mass is 271 g/mol. The number of aromatic nitrogens is 1. The van der Waals surface area contributed by atoms with E-state index >= 15 is 0 Å². The molecular weight excluding hydrogens is 254 g/mol. The van der Waals surface area contributed by atoms with E-state index in [1.165, 1.54) is 19.3 Å². The normalized spacial score (nSPS) is 10.3. The summed E-state index contributed by atoms with van der Waals surface area (Å²) in [4.78, 5) is 6.46. The zero-order valence-electron chi connectivity index (χ0n) is 9.33.